The van der Waals surface area contributed by atoms with Crippen LogP contribution in [0.15, 0.2) is 36.4 Å². The van der Waals surface area contributed by atoms with Crippen molar-refractivity contribution in [2.45, 2.75) is 0 Å². The summed E-state index contributed by atoms with van der Waals surface area (Å²) in [5.74, 6) is -0.352. The van der Waals surface area contributed by atoms with Crippen molar-refractivity contribution in [1.82, 2.24) is 0 Å². The minimum Gasteiger partial charge on any atom is -0.460 e. The second-order valence-electron chi connectivity index (χ2n) is 2.93. The summed E-state index contributed by atoms with van der Waals surface area (Å²) in [6.45, 7) is 0.274. The highest BCUT2D eigenvalue weighted by molar-refractivity contribution is 5.70. The highest BCUT2D eigenvalue weighted by atomic mass is 16.6. The van der Waals surface area contributed by atoms with E-state index < -0.39 is 0 Å². The fourth-order valence-corrected chi connectivity index (χ4v) is 1.05. The highest BCUT2D eigenvalue weighted by Crippen LogP contribution is 2.00. The van der Waals surface area contributed by atoms with E-state index in [0.717, 1.165) is 5.56 Å². The molecule has 0 N–H and O–H groups in total. The SMILES string of the molecule is COCC(=O)OC/C=C/c1ccccc1. The Hall–Kier alpha value is -1.61. The van der Waals surface area contributed by atoms with E-state index in [2.05, 4.69) is 4.74 Å². The molecule has 0 aliphatic heterocycles. The number of ether oxygens (including phenoxy) is 2. The molecule has 0 aromatic heterocycles. The Morgan fingerprint density at radius 2 is 2.07 bits per heavy atom. The number of hydrogen-bond donors (Lipinski definition) is 0. The first-order valence-corrected chi connectivity index (χ1v) is 4.69. The summed E-state index contributed by atoms with van der Waals surface area (Å²) < 4.78 is 9.47. The van der Waals surface area contributed by atoms with Crippen LogP contribution in [0.4, 0.5) is 0 Å². The second kappa shape index (κ2) is 6.79. The maximum absolute atomic E-state index is 10.9. The van der Waals surface area contributed by atoms with E-state index in [1.807, 2.05) is 36.4 Å². The summed E-state index contributed by atoms with van der Waals surface area (Å²) in [4.78, 5) is 10.9. The van der Waals surface area contributed by atoms with E-state index in [4.69, 9.17) is 4.74 Å². The fraction of sp³-hybridized carbons (Fsp3) is 0.250. The topological polar surface area (TPSA) is 35.5 Å². The molecule has 1 aromatic rings. The van der Waals surface area contributed by atoms with Crippen LogP contribution in [0.3, 0.4) is 0 Å². The van der Waals surface area contributed by atoms with Gasteiger partial charge in [0.2, 0.25) is 0 Å². The molecule has 0 heterocycles. The molecule has 0 saturated heterocycles. The molecule has 3 heteroatoms. The van der Waals surface area contributed by atoms with Crippen LogP contribution in [0.2, 0.25) is 0 Å². The number of hydrogen-bond acceptors (Lipinski definition) is 3. The Labute approximate surface area is 89.3 Å². The molecule has 0 bridgehead atoms. The van der Waals surface area contributed by atoms with Crippen molar-refractivity contribution in [1.29, 1.82) is 0 Å². The van der Waals surface area contributed by atoms with Crippen LogP contribution in [0.25, 0.3) is 6.08 Å². The van der Waals surface area contributed by atoms with E-state index in [9.17, 15) is 4.79 Å². The third-order valence-electron chi connectivity index (χ3n) is 1.71. The first kappa shape index (κ1) is 11.5. The maximum Gasteiger partial charge on any atom is 0.332 e. The largest absolute Gasteiger partial charge is 0.460 e. The van der Waals surface area contributed by atoms with E-state index in [1.165, 1.54) is 7.11 Å². The average molecular weight is 206 g/mol. The molecular formula is C12H14O3. The number of benzene rings is 1. The number of carbonyl (C=O) groups excluding carboxylic acids is 1. The molecule has 1 rings (SSSR count). The first-order valence-electron chi connectivity index (χ1n) is 4.69. The van der Waals surface area contributed by atoms with Gasteiger partial charge < -0.3 is 9.47 Å². The van der Waals surface area contributed by atoms with Crippen molar-refractivity contribution in [2.75, 3.05) is 20.3 Å². The second-order valence-corrected chi connectivity index (χ2v) is 2.93. The quantitative estimate of drug-likeness (QED) is 0.690. The van der Waals surface area contributed by atoms with E-state index in [0.29, 0.717) is 0 Å². The molecule has 0 radical (unpaired) electrons. The monoisotopic (exact) mass is 206 g/mol. The summed E-state index contributed by atoms with van der Waals surface area (Å²) in [5, 5.41) is 0. The van der Waals surface area contributed by atoms with Crippen LogP contribution in [0.5, 0.6) is 0 Å². The van der Waals surface area contributed by atoms with Crippen molar-refractivity contribution < 1.29 is 14.3 Å². The first-order chi connectivity index (χ1) is 7.33. The molecule has 0 aliphatic rings. The van der Waals surface area contributed by atoms with Crippen molar-refractivity contribution >= 4 is 12.0 Å². The molecule has 0 saturated carbocycles. The normalized spacial score (nSPS) is 10.5. The van der Waals surface area contributed by atoms with Gasteiger partial charge in [-0.2, -0.15) is 0 Å². The number of methoxy groups -OCH3 is 1. The van der Waals surface area contributed by atoms with Crippen molar-refractivity contribution in [2.24, 2.45) is 0 Å². The Balaban J connectivity index is 2.26. The third kappa shape index (κ3) is 4.98. The zero-order chi connectivity index (χ0) is 10.9. The van der Waals surface area contributed by atoms with Crippen LogP contribution < -0.4 is 0 Å². The zero-order valence-corrected chi connectivity index (χ0v) is 8.68. The molecule has 0 atom stereocenters. The third-order valence-corrected chi connectivity index (χ3v) is 1.71. The van der Waals surface area contributed by atoms with Crippen LogP contribution in [-0.4, -0.2) is 26.3 Å². The van der Waals surface area contributed by atoms with Crippen molar-refractivity contribution in [3.05, 3.63) is 42.0 Å². The number of rotatable bonds is 5. The minimum absolute atomic E-state index is 0.000816. The van der Waals surface area contributed by atoms with Crippen LogP contribution in [-0.2, 0) is 14.3 Å². The predicted octanol–water partition coefficient (Wildman–Crippen LogP) is 1.89. The van der Waals surface area contributed by atoms with Crippen LogP contribution in [0.1, 0.15) is 5.56 Å². The van der Waals surface area contributed by atoms with Crippen molar-refractivity contribution in [3.63, 3.8) is 0 Å². The summed E-state index contributed by atoms with van der Waals surface area (Å²) in [6.07, 6.45) is 3.70. The summed E-state index contributed by atoms with van der Waals surface area (Å²) in [5.41, 5.74) is 1.08. The Morgan fingerprint density at radius 3 is 2.73 bits per heavy atom. The molecule has 0 amide bonds. The molecule has 80 valence electrons. The van der Waals surface area contributed by atoms with E-state index in [1.54, 1.807) is 6.08 Å². The molecule has 1 aromatic carbocycles. The van der Waals surface area contributed by atoms with Gasteiger partial charge in [-0.15, -0.1) is 0 Å². The maximum atomic E-state index is 10.9. The van der Waals surface area contributed by atoms with E-state index in [-0.39, 0.29) is 19.2 Å². The minimum atomic E-state index is -0.352. The fourth-order valence-electron chi connectivity index (χ4n) is 1.05. The van der Waals surface area contributed by atoms with Gasteiger partial charge in [0, 0.05) is 7.11 Å². The van der Waals surface area contributed by atoms with Gasteiger partial charge in [-0.25, -0.2) is 4.79 Å². The van der Waals surface area contributed by atoms with Gasteiger partial charge in [-0.3, -0.25) is 0 Å². The molecule has 0 spiro atoms. The summed E-state index contributed by atoms with van der Waals surface area (Å²) in [6, 6.07) is 9.82. The number of esters is 1. The van der Waals surface area contributed by atoms with Gasteiger partial charge in [-0.05, 0) is 11.6 Å². The van der Waals surface area contributed by atoms with Gasteiger partial charge >= 0.3 is 5.97 Å². The van der Waals surface area contributed by atoms with Crippen molar-refractivity contribution in [3.8, 4) is 0 Å². The van der Waals surface area contributed by atoms with Gasteiger partial charge in [0.25, 0.3) is 0 Å². The predicted molar refractivity (Wildman–Crippen MR) is 58.3 cm³/mol. The average Bonchev–Trinajstić information content (AvgIpc) is 2.26. The lowest BCUT2D eigenvalue weighted by Gasteiger charge is -1.99. The summed E-state index contributed by atoms with van der Waals surface area (Å²) >= 11 is 0. The van der Waals surface area contributed by atoms with Crippen LogP contribution >= 0.6 is 0 Å². The molecule has 3 nitrogen and oxygen atoms in total. The lowest BCUT2D eigenvalue weighted by molar-refractivity contribution is -0.146. The zero-order valence-electron chi connectivity index (χ0n) is 8.68. The summed E-state index contributed by atoms with van der Waals surface area (Å²) in [7, 11) is 1.46. The van der Waals surface area contributed by atoms with Gasteiger partial charge in [0.05, 0.1) is 0 Å². The smallest absolute Gasteiger partial charge is 0.332 e. The molecule has 0 unspecified atom stereocenters. The molecule has 15 heavy (non-hydrogen) atoms. The van der Waals surface area contributed by atoms with E-state index >= 15 is 0 Å². The Kier molecular flexibility index (Phi) is 5.19. The molecular weight excluding hydrogens is 192 g/mol. The van der Waals surface area contributed by atoms with Gasteiger partial charge in [-0.1, -0.05) is 36.4 Å². The lowest BCUT2D eigenvalue weighted by atomic mass is 10.2. The number of carbonyl (C=O) groups is 1. The van der Waals surface area contributed by atoms with Gasteiger partial charge in [0.15, 0.2) is 0 Å². The Bertz CT molecular complexity index is 317. The van der Waals surface area contributed by atoms with Gasteiger partial charge in [0.1, 0.15) is 13.2 Å². The molecule has 0 aliphatic carbocycles. The Morgan fingerprint density at radius 1 is 1.33 bits per heavy atom. The molecule has 0 fully saturated rings. The highest BCUT2D eigenvalue weighted by Gasteiger charge is 1.97. The lowest BCUT2D eigenvalue weighted by Crippen LogP contribution is -2.10. The van der Waals surface area contributed by atoms with Crippen LogP contribution in [0, 0.1) is 0 Å². The standard InChI is InChI=1S/C12H14O3/c1-14-10-12(13)15-9-5-8-11-6-3-2-4-7-11/h2-8H,9-10H2,1H3/b8-5+.